The summed E-state index contributed by atoms with van der Waals surface area (Å²) in [6.45, 7) is 9.62. The molecule has 0 saturated heterocycles. The van der Waals surface area contributed by atoms with Crippen molar-refractivity contribution in [1.29, 1.82) is 0 Å². The number of hydrogen-bond acceptors (Lipinski definition) is 2. The summed E-state index contributed by atoms with van der Waals surface area (Å²) in [5.41, 5.74) is 1.12. The maximum absolute atomic E-state index is 6.39. The van der Waals surface area contributed by atoms with Crippen molar-refractivity contribution in [3.8, 4) is 5.75 Å². The quantitative estimate of drug-likeness (QED) is 0.790. The predicted molar refractivity (Wildman–Crippen MR) is 83.5 cm³/mol. The third-order valence-electron chi connectivity index (χ3n) is 3.68. The first kappa shape index (κ1) is 16.6. The second kappa shape index (κ2) is 6.83. The highest BCUT2D eigenvalue weighted by Crippen LogP contribution is 2.42. The molecule has 1 atom stereocenters. The Morgan fingerprint density at radius 2 is 1.84 bits per heavy atom. The van der Waals surface area contributed by atoms with Gasteiger partial charge in [-0.3, -0.25) is 0 Å². The van der Waals surface area contributed by atoms with E-state index in [1.54, 1.807) is 13.2 Å². The number of methoxy groups -OCH3 is 1. The van der Waals surface area contributed by atoms with Gasteiger partial charge in [0.1, 0.15) is 5.75 Å². The van der Waals surface area contributed by atoms with Crippen LogP contribution in [-0.2, 0) is 0 Å². The first-order valence-electron chi connectivity index (χ1n) is 6.63. The zero-order valence-electron chi connectivity index (χ0n) is 12.3. The molecule has 19 heavy (non-hydrogen) atoms. The standard InChI is InChI=1S/C15H23Cl2NO/c1-6-15(3,4)14(18-7-2)10-8-12(17)13(19-5)9-11(10)16/h8-9,14,18H,6-7H2,1-5H3. The first-order valence-corrected chi connectivity index (χ1v) is 7.39. The fraction of sp³-hybridized carbons (Fsp3) is 0.600. The largest absolute Gasteiger partial charge is 0.495 e. The lowest BCUT2D eigenvalue weighted by Crippen LogP contribution is -2.34. The normalized spacial score (nSPS) is 13.4. The van der Waals surface area contributed by atoms with Crippen molar-refractivity contribution < 1.29 is 4.74 Å². The lowest BCUT2D eigenvalue weighted by Gasteiger charge is -2.35. The van der Waals surface area contributed by atoms with E-state index in [0.29, 0.717) is 15.8 Å². The molecule has 1 unspecified atom stereocenters. The summed E-state index contributed by atoms with van der Waals surface area (Å²) in [6, 6.07) is 3.86. The molecule has 0 aliphatic carbocycles. The van der Waals surface area contributed by atoms with Gasteiger partial charge in [0.05, 0.1) is 12.1 Å². The minimum atomic E-state index is 0.0948. The number of rotatable bonds is 6. The van der Waals surface area contributed by atoms with Crippen LogP contribution in [0.4, 0.5) is 0 Å². The molecule has 0 amide bonds. The van der Waals surface area contributed by atoms with Gasteiger partial charge in [-0.2, -0.15) is 0 Å². The maximum atomic E-state index is 6.39. The van der Waals surface area contributed by atoms with Crippen molar-refractivity contribution in [2.45, 2.75) is 40.2 Å². The Kier molecular flexibility index (Phi) is 5.97. The molecule has 0 saturated carbocycles. The number of halogens is 2. The summed E-state index contributed by atoms with van der Waals surface area (Å²) in [5, 5.41) is 4.79. The first-order chi connectivity index (χ1) is 8.87. The van der Waals surface area contributed by atoms with E-state index in [-0.39, 0.29) is 11.5 Å². The van der Waals surface area contributed by atoms with Crippen LogP contribution in [0.1, 0.15) is 45.7 Å². The molecule has 0 fully saturated rings. The van der Waals surface area contributed by atoms with E-state index in [1.165, 1.54) is 0 Å². The van der Waals surface area contributed by atoms with Crippen molar-refractivity contribution >= 4 is 23.2 Å². The Bertz CT molecular complexity index is 432. The topological polar surface area (TPSA) is 21.3 Å². The van der Waals surface area contributed by atoms with Crippen LogP contribution in [-0.4, -0.2) is 13.7 Å². The van der Waals surface area contributed by atoms with Crippen molar-refractivity contribution in [2.24, 2.45) is 5.41 Å². The number of hydrogen-bond donors (Lipinski definition) is 1. The second-order valence-electron chi connectivity index (χ2n) is 5.34. The van der Waals surface area contributed by atoms with Crippen LogP contribution in [0.25, 0.3) is 0 Å². The molecule has 0 heterocycles. The van der Waals surface area contributed by atoms with E-state index in [1.807, 2.05) is 6.07 Å². The smallest absolute Gasteiger partial charge is 0.138 e. The van der Waals surface area contributed by atoms with Gasteiger partial charge in [0, 0.05) is 17.1 Å². The van der Waals surface area contributed by atoms with Gasteiger partial charge in [-0.1, -0.05) is 50.9 Å². The highest BCUT2D eigenvalue weighted by molar-refractivity contribution is 6.34. The molecule has 0 aliphatic rings. The van der Waals surface area contributed by atoms with Crippen LogP contribution >= 0.6 is 23.2 Å². The minimum Gasteiger partial charge on any atom is -0.495 e. The fourth-order valence-corrected chi connectivity index (χ4v) is 2.65. The van der Waals surface area contributed by atoms with Crippen molar-refractivity contribution in [1.82, 2.24) is 5.32 Å². The SMILES string of the molecule is CCNC(c1cc(Cl)c(OC)cc1Cl)C(C)(C)CC. The van der Waals surface area contributed by atoms with Crippen LogP contribution in [0.5, 0.6) is 5.75 Å². The van der Waals surface area contributed by atoms with E-state index in [9.17, 15) is 0 Å². The molecule has 2 nitrogen and oxygen atoms in total. The highest BCUT2D eigenvalue weighted by Gasteiger charge is 2.30. The van der Waals surface area contributed by atoms with Gasteiger partial charge in [-0.05, 0) is 30.0 Å². The molecule has 0 spiro atoms. The Morgan fingerprint density at radius 1 is 1.21 bits per heavy atom. The molecule has 0 aromatic heterocycles. The molecule has 1 N–H and O–H groups in total. The lowest BCUT2D eigenvalue weighted by molar-refractivity contribution is 0.237. The van der Waals surface area contributed by atoms with E-state index in [4.69, 9.17) is 27.9 Å². The monoisotopic (exact) mass is 303 g/mol. The molecular formula is C15H23Cl2NO. The Labute approximate surface area is 126 Å². The summed E-state index contributed by atoms with van der Waals surface area (Å²) in [7, 11) is 1.59. The van der Waals surface area contributed by atoms with Gasteiger partial charge >= 0.3 is 0 Å². The number of benzene rings is 1. The molecule has 0 bridgehead atoms. The van der Waals surface area contributed by atoms with E-state index in [2.05, 4.69) is 33.0 Å². The fourth-order valence-electron chi connectivity index (χ4n) is 2.14. The van der Waals surface area contributed by atoms with Gasteiger partial charge < -0.3 is 10.1 Å². The average Bonchev–Trinajstić information content (AvgIpc) is 2.38. The molecular weight excluding hydrogens is 281 g/mol. The highest BCUT2D eigenvalue weighted by atomic mass is 35.5. The lowest BCUT2D eigenvalue weighted by atomic mass is 9.78. The third-order valence-corrected chi connectivity index (χ3v) is 4.31. The number of ether oxygens (including phenoxy) is 1. The van der Waals surface area contributed by atoms with Crippen LogP contribution in [0, 0.1) is 5.41 Å². The predicted octanol–water partition coefficient (Wildman–Crippen LogP) is 5.09. The average molecular weight is 304 g/mol. The van der Waals surface area contributed by atoms with Crippen LogP contribution in [0.3, 0.4) is 0 Å². The third kappa shape index (κ3) is 3.77. The molecule has 0 radical (unpaired) electrons. The Morgan fingerprint density at radius 3 is 2.32 bits per heavy atom. The Balaban J connectivity index is 3.27. The molecule has 108 valence electrons. The van der Waals surface area contributed by atoms with Crippen LogP contribution in [0.15, 0.2) is 12.1 Å². The minimum absolute atomic E-state index is 0.0948. The van der Waals surface area contributed by atoms with Crippen LogP contribution < -0.4 is 10.1 Å². The Hall–Kier alpha value is -0.440. The number of nitrogens with one attached hydrogen (secondary N) is 1. The van der Waals surface area contributed by atoms with E-state index < -0.39 is 0 Å². The van der Waals surface area contributed by atoms with Crippen molar-refractivity contribution in [2.75, 3.05) is 13.7 Å². The summed E-state index contributed by atoms with van der Waals surface area (Å²) >= 11 is 12.6. The maximum Gasteiger partial charge on any atom is 0.138 e. The summed E-state index contributed by atoms with van der Waals surface area (Å²) in [4.78, 5) is 0. The zero-order chi connectivity index (χ0) is 14.6. The zero-order valence-corrected chi connectivity index (χ0v) is 13.8. The molecule has 4 heteroatoms. The van der Waals surface area contributed by atoms with E-state index in [0.717, 1.165) is 18.5 Å². The van der Waals surface area contributed by atoms with Gasteiger partial charge in [0.2, 0.25) is 0 Å². The van der Waals surface area contributed by atoms with Gasteiger partial charge in [0.25, 0.3) is 0 Å². The summed E-state index contributed by atoms with van der Waals surface area (Å²) < 4.78 is 5.20. The summed E-state index contributed by atoms with van der Waals surface area (Å²) in [6.07, 6.45) is 1.05. The van der Waals surface area contributed by atoms with Crippen molar-refractivity contribution in [3.63, 3.8) is 0 Å². The van der Waals surface area contributed by atoms with Gasteiger partial charge in [0.15, 0.2) is 0 Å². The molecule has 0 aliphatic heterocycles. The molecule has 1 aromatic rings. The van der Waals surface area contributed by atoms with Crippen LogP contribution in [0.2, 0.25) is 10.0 Å². The van der Waals surface area contributed by atoms with Gasteiger partial charge in [-0.15, -0.1) is 0 Å². The molecule has 1 aromatic carbocycles. The van der Waals surface area contributed by atoms with Gasteiger partial charge in [-0.25, -0.2) is 0 Å². The van der Waals surface area contributed by atoms with Crippen molar-refractivity contribution in [3.05, 3.63) is 27.7 Å². The van der Waals surface area contributed by atoms with E-state index >= 15 is 0 Å². The second-order valence-corrected chi connectivity index (χ2v) is 6.16. The molecule has 1 rings (SSSR count). The summed E-state index contributed by atoms with van der Waals surface area (Å²) in [5.74, 6) is 0.611.